The Morgan fingerprint density at radius 3 is 1.57 bits per heavy atom. The molecule has 0 atom stereocenters. The quantitative estimate of drug-likeness (QED) is 0.372. The minimum absolute atomic E-state index is 0. The van der Waals surface area contributed by atoms with Crippen LogP contribution >= 0.6 is 0 Å². The molecule has 2 radical (unpaired) electrons. The second-order valence-electron chi connectivity index (χ2n) is 4.52. The maximum Gasteiger partial charge on any atom is 0.339 e. The van der Waals surface area contributed by atoms with Crippen molar-refractivity contribution in [1.82, 2.24) is 0 Å². The summed E-state index contributed by atoms with van der Waals surface area (Å²) < 4.78 is 10.3. The first-order valence-corrected chi connectivity index (χ1v) is 7.14. The van der Waals surface area contributed by atoms with Crippen molar-refractivity contribution in [3.63, 3.8) is 0 Å². The van der Waals surface area contributed by atoms with E-state index in [2.05, 4.69) is 0 Å². The van der Waals surface area contributed by atoms with Crippen LogP contribution in [0, 0.1) is 0 Å². The van der Waals surface area contributed by atoms with Crippen LogP contribution < -0.4 is 0 Å². The number of ether oxygens (including phenoxy) is 2. The Labute approximate surface area is 166 Å². The van der Waals surface area contributed by atoms with Crippen molar-refractivity contribution in [2.24, 2.45) is 0 Å². The summed E-state index contributed by atoms with van der Waals surface area (Å²) in [5.41, 5.74) is 0.537. The maximum absolute atomic E-state index is 11.9. The third-order valence-corrected chi connectivity index (χ3v) is 2.83. The number of hydrogen-bond donors (Lipinski definition) is 0. The number of hydrogen-bond acceptors (Lipinski definition) is 4. The average molecular weight is 416 g/mol. The Hall–Kier alpha value is -0.269. The van der Waals surface area contributed by atoms with Gasteiger partial charge in [0, 0.05) is 48.9 Å². The van der Waals surface area contributed by atoms with Crippen LogP contribution in [0.25, 0.3) is 0 Å². The number of carbonyl (C=O) groups excluding carboxylic acids is 2. The van der Waals surface area contributed by atoms with Gasteiger partial charge in [0.1, 0.15) is 0 Å². The van der Waals surface area contributed by atoms with Crippen LogP contribution in [0.3, 0.4) is 0 Å². The number of esters is 2. The van der Waals surface area contributed by atoms with E-state index in [9.17, 15) is 9.59 Å². The maximum atomic E-state index is 11.9. The molecule has 0 amide bonds. The summed E-state index contributed by atoms with van der Waals surface area (Å²) in [6.45, 7) is 4.78. The van der Waals surface area contributed by atoms with Gasteiger partial charge in [0.15, 0.2) is 0 Å². The molecular formula is C16H22BaO4. The molecule has 0 spiro atoms. The molecule has 5 heteroatoms. The van der Waals surface area contributed by atoms with Gasteiger partial charge in [0.25, 0.3) is 0 Å². The van der Waals surface area contributed by atoms with Gasteiger partial charge in [0.05, 0.1) is 24.3 Å². The summed E-state index contributed by atoms with van der Waals surface area (Å²) >= 11 is 0. The van der Waals surface area contributed by atoms with E-state index in [1.54, 1.807) is 24.3 Å². The average Bonchev–Trinajstić information content (AvgIpc) is 2.47. The molecule has 112 valence electrons. The molecule has 0 aromatic heterocycles. The number of carbonyl (C=O) groups is 2. The third kappa shape index (κ3) is 7.52. The predicted molar refractivity (Wildman–Crippen MR) is 82.6 cm³/mol. The van der Waals surface area contributed by atoms with Crippen LogP contribution in [0.1, 0.15) is 60.2 Å². The van der Waals surface area contributed by atoms with Crippen molar-refractivity contribution >= 4 is 60.8 Å². The topological polar surface area (TPSA) is 52.6 Å². The zero-order valence-corrected chi connectivity index (χ0v) is 17.3. The predicted octanol–water partition coefficient (Wildman–Crippen LogP) is 3.22. The SMILES string of the molecule is CCCCOC(=O)c1ccccc1C(=O)OCCCC.[Ba]. The van der Waals surface area contributed by atoms with Gasteiger partial charge in [-0.25, -0.2) is 9.59 Å². The van der Waals surface area contributed by atoms with E-state index >= 15 is 0 Å². The van der Waals surface area contributed by atoms with Crippen LogP contribution in [0.15, 0.2) is 24.3 Å². The fraction of sp³-hybridized carbons (Fsp3) is 0.500. The first-order chi connectivity index (χ1) is 9.70. The number of rotatable bonds is 8. The summed E-state index contributed by atoms with van der Waals surface area (Å²) in [5.74, 6) is -0.942. The van der Waals surface area contributed by atoms with E-state index in [1.165, 1.54) is 0 Å². The monoisotopic (exact) mass is 416 g/mol. The molecular weight excluding hydrogens is 394 g/mol. The zero-order valence-electron chi connectivity index (χ0n) is 12.9. The molecule has 0 saturated carbocycles. The van der Waals surface area contributed by atoms with Gasteiger partial charge in [-0.05, 0) is 25.0 Å². The third-order valence-electron chi connectivity index (χ3n) is 2.83. The van der Waals surface area contributed by atoms with Gasteiger partial charge in [-0.15, -0.1) is 0 Å². The molecule has 21 heavy (non-hydrogen) atoms. The van der Waals surface area contributed by atoms with E-state index in [-0.39, 0.29) is 60.0 Å². The normalized spacial score (nSPS) is 9.62. The van der Waals surface area contributed by atoms with E-state index < -0.39 is 11.9 Å². The Kier molecular flexibility index (Phi) is 12.1. The first-order valence-electron chi connectivity index (χ1n) is 7.14. The van der Waals surface area contributed by atoms with Crippen LogP contribution in [0.5, 0.6) is 0 Å². The molecule has 0 N–H and O–H groups in total. The van der Waals surface area contributed by atoms with Gasteiger partial charge in [0.2, 0.25) is 0 Å². The number of benzene rings is 1. The largest absolute Gasteiger partial charge is 0.462 e. The van der Waals surface area contributed by atoms with Gasteiger partial charge in [-0.2, -0.15) is 0 Å². The van der Waals surface area contributed by atoms with E-state index in [4.69, 9.17) is 9.47 Å². The smallest absolute Gasteiger partial charge is 0.339 e. The summed E-state index contributed by atoms with van der Waals surface area (Å²) in [5, 5.41) is 0. The summed E-state index contributed by atoms with van der Waals surface area (Å²) in [6, 6.07) is 6.59. The van der Waals surface area contributed by atoms with E-state index in [0.29, 0.717) is 13.2 Å². The van der Waals surface area contributed by atoms with Crippen molar-refractivity contribution in [3.8, 4) is 0 Å². The fourth-order valence-corrected chi connectivity index (χ4v) is 1.61. The van der Waals surface area contributed by atoms with Crippen LogP contribution in [-0.2, 0) is 9.47 Å². The van der Waals surface area contributed by atoms with Crippen molar-refractivity contribution in [1.29, 1.82) is 0 Å². The second kappa shape index (κ2) is 12.3. The second-order valence-corrected chi connectivity index (χ2v) is 4.52. The molecule has 1 aromatic rings. The molecule has 0 unspecified atom stereocenters. The summed E-state index contributed by atoms with van der Waals surface area (Å²) in [6.07, 6.45) is 3.53. The Balaban J connectivity index is 0.00000400. The molecule has 0 aliphatic carbocycles. The van der Waals surface area contributed by atoms with E-state index in [0.717, 1.165) is 25.7 Å². The first kappa shape index (κ1) is 20.7. The van der Waals surface area contributed by atoms with Crippen molar-refractivity contribution in [2.75, 3.05) is 13.2 Å². The van der Waals surface area contributed by atoms with Crippen LogP contribution in [-0.4, -0.2) is 74.0 Å². The Morgan fingerprint density at radius 2 is 1.24 bits per heavy atom. The van der Waals surface area contributed by atoms with E-state index in [1.807, 2.05) is 13.8 Å². The molecule has 1 aromatic carbocycles. The zero-order chi connectivity index (χ0) is 14.8. The standard InChI is InChI=1S/C16H22O4.Ba/c1-3-5-11-19-15(17)13-9-7-8-10-14(13)16(18)20-12-6-4-2;/h7-10H,3-6,11-12H2,1-2H3;. The van der Waals surface area contributed by atoms with Gasteiger partial charge in [-0.3, -0.25) is 0 Å². The van der Waals surface area contributed by atoms with Crippen LogP contribution in [0.2, 0.25) is 0 Å². The number of unbranched alkanes of at least 4 members (excludes halogenated alkanes) is 2. The molecule has 1 rings (SSSR count). The van der Waals surface area contributed by atoms with Gasteiger partial charge >= 0.3 is 11.9 Å². The minimum atomic E-state index is -0.471. The molecule has 0 bridgehead atoms. The summed E-state index contributed by atoms with van der Waals surface area (Å²) in [7, 11) is 0. The molecule has 0 aliphatic rings. The fourth-order valence-electron chi connectivity index (χ4n) is 1.61. The molecule has 0 saturated heterocycles. The van der Waals surface area contributed by atoms with Crippen molar-refractivity contribution in [2.45, 2.75) is 39.5 Å². The Morgan fingerprint density at radius 1 is 0.857 bits per heavy atom. The summed E-state index contributed by atoms with van der Waals surface area (Å²) in [4.78, 5) is 23.9. The van der Waals surface area contributed by atoms with Crippen molar-refractivity contribution in [3.05, 3.63) is 35.4 Å². The van der Waals surface area contributed by atoms with Crippen molar-refractivity contribution < 1.29 is 19.1 Å². The van der Waals surface area contributed by atoms with Gasteiger partial charge in [-0.1, -0.05) is 38.8 Å². The van der Waals surface area contributed by atoms with Gasteiger partial charge < -0.3 is 9.47 Å². The van der Waals surface area contributed by atoms with Crippen LogP contribution in [0.4, 0.5) is 0 Å². The molecule has 0 aliphatic heterocycles. The molecule has 0 fully saturated rings. The molecule has 0 heterocycles. The molecule has 4 nitrogen and oxygen atoms in total. The Bertz CT molecular complexity index is 405. The minimum Gasteiger partial charge on any atom is -0.462 e.